The third-order valence-corrected chi connectivity index (χ3v) is 3.55. The first-order valence-electron chi connectivity index (χ1n) is 6.65. The van der Waals surface area contributed by atoms with Crippen LogP contribution in [0.25, 0.3) is 22.2 Å². The lowest BCUT2D eigenvalue weighted by atomic mass is 10.1. The van der Waals surface area contributed by atoms with Gasteiger partial charge in [-0.15, -0.1) is 0 Å². The molecule has 4 nitrogen and oxygen atoms in total. The Bertz CT molecular complexity index is 843. The van der Waals surface area contributed by atoms with Crippen molar-refractivity contribution in [2.75, 3.05) is 7.11 Å². The molecule has 0 fully saturated rings. The molecule has 3 rings (SSSR count). The van der Waals surface area contributed by atoms with Crippen molar-refractivity contribution in [1.29, 1.82) is 5.26 Å². The molecule has 104 valence electrons. The summed E-state index contributed by atoms with van der Waals surface area (Å²) in [7, 11) is 1.57. The minimum atomic E-state index is 0.529. The molecule has 0 aliphatic heterocycles. The average Bonchev–Trinajstić information content (AvgIpc) is 2.96. The van der Waals surface area contributed by atoms with E-state index in [1.54, 1.807) is 13.2 Å². The van der Waals surface area contributed by atoms with Crippen LogP contribution in [0.4, 0.5) is 0 Å². The van der Waals surface area contributed by atoms with Gasteiger partial charge in [0.1, 0.15) is 11.8 Å². The second-order valence-corrected chi connectivity index (χ2v) is 4.84. The summed E-state index contributed by atoms with van der Waals surface area (Å²) >= 11 is 0. The fraction of sp³-hybridized carbons (Fsp3) is 0.118. The van der Waals surface area contributed by atoms with E-state index < -0.39 is 0 Å². The van der Waals surface area contributed by atoms with Crippen molar-refractivity contribution < 1.29 is 4.74 Å². The molecule has 3 aromatic rings. The van der Waals surface area contributed by atoms with Crippen molar-refractivity contribution in [3.63, 3.8) is 0 Å². The van der Waals surface area contributed by atoms with Gasteiger partial charge in [0.2, 0.25) is 0 Å². The SMILES string of the molecule is COc1cc(-c2cc3cc(CN)ccc3[nH]2)ccc1C#N. The van der Waals surface area contributed by atoms with E-state index >= 15 is 0 Å². The van der Waals surface area contributed by atoms with Gasteiger partial charge in [-0.05, 0) is 35.9 Å². The Morgan fingerprint density at radius 1 is 1.19 bits per heavy atom. The lowest BCUT2D eigenvalue weighted by molar-refractivity contribution is 0.413. The Kier molecular flexibility index (Phi) is 3.35. The largest absolute Gasteiger partial charge is 0.495 e. The molecule has 0 aliphatic rings. The number of rotatable bonds is 3. The minimum absolute atomic E-state index is 0.529. The van der Waals surface area contributed by atoms with Gasteiger partial charge < -0.3 is 15.5 Å². The molecule has 21 heavy (non-hydrogen) atoms. The van der Waals surface area contributed by atoms with Crippen molar-refractivity contribution in [2.24, 2.45) is 5.73 Å². The Morgan fingerprint density at radius 3 is 2.76 bits per heavy atom. The molecule has 0 saturated heterocycles. The summed E-state index contributed by atoms with van der Waals surface area (Å²) < 4.78 is 5.26. The van der Waals surface area contributed by atoms with Crippen LogP contribution < -0.4 is 10.5 Å². The molecule has 1 heterocycles. The molecular weight excluding hydrogens is 262 g/mol. The summed E-state index contributed by atoms with van der Waals surface area (Å²) in [5, 5.41) is 10.2. The number of nitrogens with zero attached hydrogens (tertiary/aromatic N) is 1. The molecule has 0 aliphatic carbocycles. The number of benzene rings is 2. The van der Waals surface area contributed by atoms with E-state index in [9.17, 15) is 0 Å². The average molecular weight is 277 g/mol. The number of hydrogen-bond acceptors (Lipinski definition) is 3. The molecule has 0 unspecified atom stereocenters. The third kappa shape index (κ3) is 2.35. The summed E-state index contributed by atoms with van der Waals surface area (Å²) in [6.07, 6.45) is 0. The number of fused-ring (bicyclic) bond motifs is 1. The van der Waals surface area contributed by atoms with Crippen LogP contribution >= 0.6 is 0 Å². The van der Waals surface area contributed by atoms with E-state index in [1.165, 1.54) is 0 Å². The maximum absolute atomic E-state index is 9.03. The fourth-order valence-corrected chi connectivity index (χ4v) is 2.42. The molecule has 1 aromatic heterocycles. The number of nitrogens with two attached hydrogens (primary N) is 1. The van der Waals surface area contributed by atoms with Crippen LogP contribution in [0.2, 0.25) is 0 Å². The number of methoxy groups -OCH3 is 1. The zero-order chi connectivity index (χ0) is 14.8. The van der Waals surface area contributed by atoms with E-state index in [0.29, 0.717) is 17.9 Å². The zero-order valence-electron chi connectivity index (χ0n) is 11.7. The molecule has 0 radical (unpaired) electrons. The smallest absolute Gasteiger partial charge is 0.137 e. The van der Waals surface area contributed by atoms with E-state index in [1.807, 2.05) is 24.3 Å². The molecule has 4 heteroatoms. The highest BCUT2D eigenvalue weighted by atomic mass is 16.5. The summed E-state index contributed by atoms with van der Waals surface area (Å²) in [5.41, 5.74) is 10.3. The number of aromatic amines is 1. The van der Waals surface area contributed by atoms with Crippen LogP contribution in [0.15, 0.2) is 42.5 Å². The van der Waals surface area contributed by atoms with Gasteiger partial charge >= 0.3 is 0 Å². The molecular formula is C17H15N3O. The van der Waals surface area contributed by atoms with E-state index in [0.717, 1.165) is 27.7 Å². The third-order valence-electron chi connectivity index (χ3n) is 3.55. The van der Waals surface area contributed by atoms with Gasteiger partial charge in [-0.25, -0.2) is 0 Å². The van der Waals surface area contributed by atoms with E-state index in [4.69, 9.17) is 15.7 Å². The van der Waals surface area contributed by atoms with Crippen LogP contribution in [-0.4, -0.2) is 12.1 Å². The van der Waals surface area contributed by atoms with E-state index in [2.05, 4.69) is 23.2 Å². The van der Waals surface area contributed by atoms with Crippen LogP contribution in [0.1, 0.15) is 11.1 Å². The highest BCUT2D eigenvalue weighted by Crippen LogP contribution is 2.29. The molecule has 0 saturated carbocycles. The second-order valence-electron chi connectivity index (χ2n) is 4.84. The van der Waals surface area contributed by atoms with Crippen LogP contribution in [0.3, 0.4) is 0 Å². The van der Waals surface area contributed by atoms with Gasteiger partial charge in [-0.1, -0.05) is 12.1 Å². The van der Waals surface area contributed by atoms with Gasteiger partial charge in [0, 0.05) is 28.7 Å². The second kappa shape index (κ2) is 5.31. The van der Waals surface area contributed by atoms with Crippen molar-refractivity contribution in [3.05, 3.63) is 53.6 Å². The Hall–Kier alpha value is -2.77. The number of nitriles is 1. The van der Waals surface area contributed by atoms with Gasteiger partial charge in [-0.3, -0.25) is 0 Å². The number of ether oxygens (including phenoxy) is 1. The van der Waals surface area contributed by atoms with E-state index in [-0.39, 0.29) is 0 Å². The first-order valence-corrected chi connectivity index (χ1v) is 6.65. The van der Waals surface area contributed by atoms with Crippen molar-refractivity contribution in [1.82, 2.24) is 4.98 Å². The maximum Gasteiger partial charge on any atom is 0.137 e. The Morgan fingerprint density at radius 2 is 2.05 bits per heavy atom. The monoisotopic (exact) mass is 277 g/mol. The first-order chi connectivity index (χ1) is 10.2. The van der Waals surface area contributed by atoms with Gasteiger partial charge in [0.15, 0.2) is 0 Å². The van der Waals surface area contributed by atoms with Gasteiger partial charge in [0.25, 0.3) is 0 Å². The highest BCUT2D eigenvalue weighted by molar-refractivity contribution is 5.86. The van der Waals surface area contributed by atoms with Gasteiger partial charge in [0.05, 0.1) is 12.7 Å². The van der Waals surface area contributed by atoms with Crippen LogP contribution in [-0.2, 0) is 6.54 Å². The summed E-state index contributed by atoms with van der Waals surface area (Å²) in [4.78, 5) is 3.37. The van der Waals surface area contributed by atoms with Crippen molar-refractivity contribution in [3.8, 4) is 23.1 Å². The molecule has 3 N–H and O–H groups in total. The quantitative estimate of drug-likeness (QED) is 0.772. The lowest BCUT2D eigenvalue weighted by Crippen LogP contribution is -1.94. The van der Waals surface area contributed by atoms with Gasteiger partial charge in [-0.2, -0.15) is 5.26 Å². The Labute approximate surface area is 122 Å². The predicted molar refractivity (Wildman–Crippen MR) is 82.9 cm³/mol. The molecule has 0 atom stereocenters. The maximum atomic E-state index is 9.03. The number of hydrogen-bond donors (Lipinski definition) is 2. The lowest BCUT2D eigenvalue weighted by Gasteiger charge is -2.04. The topological polar surface area (TPSA) is 74.8 Å². The fourth-order valence-electron chi connectivity index (χ4n) is 2.42. The summed E-state index contributed by atoms with van der Waals surface area (Å²) in [5.74, 6) is 0.580. The number of H-pyrrole nitrogens is 1. The van der Waals surface area contributed by atoms with Crippen LogP contribution in [0, 0.1) is 11.3 Å². The molecule has 0 amide bonds. The standard InChI is InChI=1S/C17H15N3O/c1-21-17-8-12(3-4-13(17)10-19)16-7-14-6-11(9-18)2-5-15(14)20-16/h2-8,20H,9,18H2,1H3. The zero-order valence-corrected chi connectivity index (χ0v) is 11.7. The number of nitrogens with one attached hydrogen (secondary N) is 1. The molecule has 0 spiro atoms. The first kappa shape index (κ1) is 13.2. The predicted octanol–water partition coefficient (Wildman–Crippen LogP) is 3.17. The van der Waals surface area contributed by atoms with Crippen molar-refractivity contribution in [2.45, 2.75) is 6.54 Å². The minimum Gasteiger partial charge on any atom is -0.495 e. The van der Waals surface area contributed by atoms with Crippen LogP contribution in [0.5, 0.6) is 5.75 Å². The molecule has 2 aromatic carbocycles. The molecule has 0 bridgehead atoms. The normalized spacial score (nSPS) is 10.5. The summed E-state index contributed by atoms with van der Waals surface area (Å²) in [6.45, 7) is 0.529. The summed E-state index contributed by atoms with van der Waals surface area (Å²) in [6, 6.07) is 15.9. The number of aromatic nitrogens is 1. The van der Waals surface area contributed by atoms with Crippen molar-refractivity contribution >= 4 is 10.9 Å². The Balaban J connectivity index is 2.10. The highest BCUT2D eigenvalue weighted by Gasteiger charge is 2.08.